The van der Waals surface area contributed by atoms with Crippen LogP contribution in [0.2, 0.25) is 5.02 Å². The number of hydrogen-bond acceptors (Lipinski definition) is 5. The summed E-state index contributed by atoms with van der Waals surface area (Å²) in [4.78, 5) is 41.0. The third-order valence-electron chi connectivity index (χ3n) is 4.58. The fraction of sp³-hybridized carbons (Fsp3) is 0.217. The first kappa shape index (κ1) is 23.4. The predicted octanol–water partition coefficient (Wildman–Crippen LogP) is 4.82. The number of carbonyl (C=O) groups excluding carboxylic acids is 3. The second-order valence-corrected chi connectivity index (χ2v) is 8.78. The SMILES string of the molecule is CC(=O)Nc1ccc(-c2csc(NC(=O)[C@@H](NC(=O)c3ccc(Cl)cc3)C(C)C)n2)cc1. The van der Waals surface area contributed by atoms with Gasteiger partial charge in [0.2, 0.25) is 11.8 Å². The summed E-state index contributed by atoms with van der Waals surface area (Å²) in [6, 6.07) is 13.0. The number of carbonyl (C=O) groups is 3. The van der Waals surface area contributed by atoms with Gasteiger partial charge in [-0.1, -0.05) is 37.6 Å². The predicted molar refractivity (Wildman–Crippen MR) is 128 cm³/mol. The molecule has 0 saturated carbocycles. The second kappa shape index (κ2) is 10.4. The Hall–Kier alpha value is -3.23. The van der Waals surface area contributed by atoms with Crippen molar-refractivity contribution in [3.05, 3.63) is 64.5 Å². The topological polar surface area (TPSA) is 100 Å². The molecular formula is C23H23ClN4O3S. The zero-order valence-corrected chi connectivity index (χ0v) is 19.4. The first-order valence-electron chi connectivity index (χ1n) is 9.94. The first-order chi connectivity index (χ1) is 15.2. The van der Waals surface area contributed by atoms with E-state index in [9.17, 15) is 14.4 Å². The molecule has 32 heavy (non-hydrogen) atoms. The number of benzene rings is 2. The largest absolute Gasteiger partial charge is 0.340 e. The Morgan fingerprint density at radius 2 is 1.62 bits per heavy atom. The lowest BCUT2D eigenvalue weighted by Gasteiger charge is -2.21. The Morgan fingerprint density at radius 1 is 0.969 bits per heavy atom. The Kier molecular flexibility index (Phi) is 7.61. The fourth-order valence-corrected chi connectivity index (χ4v) is 3.78. The minimum atomic E-state index is -0.734. The van der Waals surface area contributed by atoms with Gasteiger partial charge >= 0.3 is 0 Å². The Morgan fingerprint density at radius 3 is 2.22 bits per heavy atom. The maximum atomic E-state index is 12.8. The molecule has 0 aliphatic carbocycles. The monoisotopic (exact) mass is 470 g/mol. The highest BCUT2D eigenvalue weighted by molar-refractivity contribution is 7.14. The molecule has 2 aromatic carbocycles. The first-order valence-corrected chi connectivity index (χ1v) is 11.2. The van der Waals surface area contributed by atoms with Crippen LogP contribution in [0.4, 0.5) is 10.8 Å². The number of amides is 3. The molecule has 9 heteroatoms. The Labute approximate surface area is 195 Å². The summed E-state index contributed by atoms with van der Waals surface area (Å²) in [6.07, 6.45) is 0. The molecule has 0 aliphatic rings. The Bertz CT molecular complexity index is 1110. The van der Waals surface area contributed by atoms with Gasteiger partial charge < -0.3 is 16.0 Å². The van der Waals surface area contributed by atoms with Gasteiger partial charge in [-0.25, -0.2) is 4.98 Å². The zero-order chi connectivity index (χ0) is 23.3. The molecule has 0 spiro atoms. The standard InChI is InChI=1S/C23H23ClN4O3S/c1-13(2)20(27-21(30)16-4-8-17(24)9-5-16)22(31)28-23-26-19(12-32-23)15-6-10-18(11-7-15)25-14(3)29/h4-13,20H,1-3H3,(H,25,29)(H,27,30)(H,26,28,31)/t20-/m0/s1. The molecule has 7 nitrogen and oxygen atoms in total. The summed E-state index contributed by atoms with van der Waals surface area (Å²) >= 11 is 7.16. The number of halogens is 1. The molecule has 0 saturated heterocycles. The van der Waals surface area contributed by atoms with Gasteiger partial charge in [-0.3, -0.25) is 14.4 Å². The van der Waals surface area contributed by atoms with Gasteiger partial charge in [0.1, 0.15) is 6.04 Å². The molecule has 0 aliphatic heterocycles. The number of aromatic nitrogens is 1. The lowest BCUT2D eigenvalue weighted by Crippen LogP contribution is -2.47. The number of nitrogens with one attached hydrogen (secondary N) is 3. The quantitative estimate of drug-likeness (QED) is 0.461. The number of thiazole rings is 1. The van der Waals surface area contributed by atoms with E-state index in [0.29, 0.717) is 27.1 Å². The smallest absolute Gasteiger partial charge is 0.251 e. The summed E-state index contributed by atoms with van der Waals surface area (Å²) in [5, 5.41) is 11.1. The van der Waals surface area contributed by atoms with Crippen molar-refractivity contribution in [2.45, 2.75) is 26.8 Å². The average Bonchev–Trinajstić information content (AvgIpc) is 3.20. The van der Waals surface area contributed by atoms with Crippen molar-refractivity contribution in [2.24, 2.45) is 5.92 Å². The highest BCUT2D eigenvalue weighted by Crippen LogP contribution is 2.26. The fourth-order valence-electron chi connectivity index (χ4n) is 2.94. The molecule has 1 aromatic heterocycles. The number of hydrogen-bond donors (Lipinski definition) is 3. The molecule has 0 unspecified atom stereocenters. The van der Waals surface area contributed by atoms with Gasteiger partial charge in [0, 0.05) is 34.1 Å². The summed E-state index contributed by atoms with van der Waals surface area (Å²) in [6.45, 7) is 5.16. The molecule has 0 fully saturated rings. The third-order valence-corrected chi connectivity index (χ3v) is 5.59. The molecule has 3 aromatic rings. The van der Waals surface area contributed by atoms with E-state index in [2.05, 4.69) is 20.9 Å². The van der Waals surface area contributed by atoms with Crippen molar-refractivity contribution in [1.29, 1.82) is 0 Å². The molecule has 3 rings (SSSR count). The summed E-state index contributed by atoms with van der Waals surface area (Å²) in [5.41, 5.74) is 2.67. The minimum absolute atomic E-state index is 0.132. The lowest BCUT2D eigenvalue weighted by molar-refractivity contribution is -0.119. The maximum absolute atomic E-state index is 12.8. The van der Waals surface area contributed by atoms with Crippen LogP contribution in [-0.2, 0) is 9.59 Å². The van der Waals surface area contributed by atoms with Crippen molar-refractivity contribution in [3.63, 3.8) is 0 Å². The van der Waals surface area contributed by atoms with Crippen molar-refractivity contribution < 1.29 is 14.4 Å². The van der Waals surface area contributed by atoms with Gasteiger partial charge in [-0.05, 0) is 42.3 Å². The molecule has 0 radical (unpaired) electrons. The van der Waals surface area contributed by atoms with Crippen LogP contribution in [0, 0.1) is 5.92 Å². The van der Waals surface area contributed by atoms with Gasteiger partial charge in [0.05, 0.1) is 5.69 Å². The third kappa shape index (κ3) is 6.15. The summed E-state index contributed by atoms with van der Waals surface area (Å²) in [5.74, 6) is -0.968. The van der Waals surface area contributed by atoms with Crippen LogP contribution in [0.1, 0.15) is 31.1 Å². The van der Waals surface area contributed by atoms with E-state index in [-0.39, 0.29) is 23.6 Å². The molecule has 166 valence electrons. The van der Waals surface area contributed by atoms with Crippen LogP contribution in [0.5, 0.6) is 0 Å². The lowest BCUT2D eigenvalue weighted by atomic mass is 10.0. The highest BCUT2D eigenvalue weighted by atomic mass is 35.5. The van der Waals surface area contributed by atoms with Crippen LogP contribution < -0.4 is 16.0 Å². The molecule has 1 heterocycles. The van der Waals surface area contributed by atoms with Crippen LogP contribution in [0.3, 0.4) is 0 Å². The van der Waals surface area contributed by atoms with E-state index in [1.165, 1.54) is 18.3 Å². The number of anilines is 2. The van der Waals surface area contributed by atoms with Gasteiger partial charge in [0.25, 0.3) is 5.91 Å². The van der Waals surface area contributed by atoms with Gasteiger partial charge in [0.15, 0.2) is 5.13 Å². The van der Waals surface area contributed by atoms with E-state index in [1.54, 1.807) is 36.4 Å². The molecule has 0 bridgehead atoms. The molecule has 3 amide bonds. The summed E-state index contributed by atoms with van der Waals surface area (Å²) < 4.78 is 0. The van der Waals surface area contributed by atoms with Crippen LogP contribution in [0.15, 0.2) is 53.9 Å². The van der Waals surface area contributed by atoms with Crippen molar-refractivity contribution >= 4 is 51.5 Å². The van der Waals surface area contributed by atoms with Gasteiger partial charge in [-0.15, -0.1) is 11.3 Å². The van der Waals surface area contributed by atoms with E-state index in [0.717, 1.165) is 5.56 Å². The van der Waals surface area contributed by atoms with E-state index < -0.39 is 6.04 Å². The van der Waals surface area contributed by atoms with E-state index in [4.69, 9.17) is 11.6 Å². The summed E-state index contributed by atoms with van der Waals surface area (Å²) in [7, 11) is 0. The van der Waals surface area contributed by atoms with Crippen LogP contribution >= 0.6 is 22.9 Å². The zero-order valence-electron chi connectivity index (χ0n) is 17.8. The van der Waals surface area contributed by atoms with Crippen molar-refractivity contribution in [1.82, 2.24) is 10.3 Å². The minimum Gasteiger partial charge on any atom is -0.340 e. The molecule has 3 N–H and O–H groups in total. The van der Waals surface area contributed by atoms with Crippen molar-refractivity contribution in [2.75, 3.05) is 10.6 Å². The number of rotatable bonds is 7. The normalized spacial score (nSPS) is 11.7. The van der Waals surface area contributed by atoms with E-state index >= 15 is 0 Å². The highest BCUT2D eigenvalue weighted by Gasteiger charge is 2.25. The van der Waals surface area contributed by atoms with Crippen LogP contribution in [-0.4, -0.2) is 28.7 Å². The van der Waals surface area contributed by atoms with E-state index in [1.807, 2.05) is 31.4 Å². The Balaban J connectivity index is 1.67. The average molecular weight is 471 g/mol. The second-order valence-electron chi connectivity index (χ2n) is 7.49. The van der Waals surface area contributed by atoms with Crippen LogP contribution in [0.25, 0.3) is 11.3 Å². The van der Waals surface area contributed by atoms with Gasteiger partial charge in [-0.2, -0.15) is 0 Å². The maximum Gasteiger partial charge on any atom is 0.251 e. The molecule has 1 atom stereocenters. The molecular weight excluding hydrogens is 448 g/mol. The number of nitrogens with zero attached hydrogens (tertiary/aromatic N) is 1. The van der Waals surface area contributed by atoms with Crippen molar-refractivity contribution in [3.8, 4) is 11.3 Å².